The molecule has 0 radical (unpaired) electrons. The number of thiophene rings is 1. The molecule has 0 spiro atoms. The van der Waals surface area contributed by atoms with Crippen LogP contribution in [0.3, 0.4) is 0 Å². The lowest BCUT2D eigenvalue weighted by Crippen LogP contribution is -2.51. The summed E-state index contributed by atoms with van der Waals surface area (Å²) in [5, 5.41) is 9.58. The maximum Gasteiger partial charge on any atom is 0.271 e. The molecule has 3 N–H and O–H groups in total. The van der Waals surface area contributed by atoms with Crippen LogP contribution in [0.5, 0.6) is 0 Å². The summed E-state index contributed by atoms with van der Waals surface area (Å²) in [6, 6.07) is 5.36. The molecule has 2 unspecified atom stereocenters. The van der Waals surface area contributed by atoms with Gasteiger partial charge in [0, 0.05) is 30.7 Å². The summed E-state index contributed by atoms with van der Waals surface area (Å²) < 4.78 is 5.43. The second-order valence-corrected chi connectivity index (χ2v) is 8.34. The Labute approximate surface area is 157 Å². The monoisotopic (exact) mass is 374 g/mol. The van der Waals surface area contributed by atoms with Crippen LogP contribution in [0.2, 0.25) is 0 Å². The van der Waals surface area contributed by atoms with Gasteiger partial charge in [0.1, 0.15) is 0 Å². The third-order valence-corrected chi connectivity index (χ3v) is 6.33. The molecule has 0 aromatic carbocycles. The molecule has 0 aliphatic carbocycles. The van der Waals surface area contributed by atoms with Gasteiger partial charge in [-0.15, -0.1) is 11.3 Å². The number of aromatic nitrogens is 1. The summed E-state index contributed by atoms with van der Waals surface area (Å²) in [5.74, 6) is 0.190. The Bertz CT molecular complexity index is 731. The van der Waals surface area contributed by atoms with Crippen molar-refractivity contribution in [3.8, 4) is 10.6 Å². The Morgan fingerprint density at radius 1 is 1.31 bits per heavy atom. The second kappa shape index (κ2) is 7.90. The highest BCUT2D eigenvalue weighted by Crippen LogP contribution is 2.31. The van der Waals surface area contributed by atoms with E-state index in [0.717, 1.165) is 29.7 Å². The van der Waals surface area contributed by atoms with Crippen molar-refractivity contribution < 1.29 is 9.32 Å². The fraction of sp³-hybridized carbons (Fsp3) is 0.579. The third kappa shape index (κ3) is 3.84. The van der Waals surface area contributed by atoms with Gasteiger partial charge < -0.3 is 20.5 Å². The maximum absolute atomic E-state index is 11.7. The van der Waals surface area contributed by atoms with Gasteiger partial charge in [-0.05, 0) is 50.1 Å². The van der Waals surface area contributed by atoms with Gasteiger partial charge in [0.2, 0.25) is 0 Å². The van der Waals surface area contributed by atoms with E-state index in [9.17, 15) is 4.79 Å². The SMILES string of the molecule is NC(=O)c1noc(-c2cccs2)c1CCCCCN1CC2CCC(C1)N2. The highest BCUT2D eigenvalue weighted by atomic mass is 32.1. The van der Waals surface area contributed by atoms with Crippen LogP contribution >= 0.6 is 11.3 Å². The van der Waals surface area contributed by atoms with Crippen molar-refractivity contribution >= 4 is 17.2 Å². The fourth-order valence-corrected chi connectivity index (χ4v) is 4.95. The molecular formula is C19H26N4O2S. The Morgan fingerprint density at radius 2 is 2.12 bits per heavy atom. The van der Waals surface area contributed by atoms with Gasteiger partial charge in [-0.1, -0.05) is 17.6 Å². The highest BCUT2D eigenvalue weighted by Gasteiger charge is 2.31. The number of piperazine rings is 1. The predicted octanol–water partition coefficient (Wildman–Crippen LogP) is 2.65. The van der Waals surface area contributed by atoms with Crippen molar-refractivity contribution in [1.29, 1.82) is 0 Å². The van der Waals surface area contributed by atoms with E-state index < -0.39 is 5.91 Å². The van der Waals surface area contributed by atoms with E-state index in [4.69, 9.17) is 10.3 Å². The number of unbranched alkanes of at least 4 members (excludes halogenated alkanes) is 2. The zero-order valence-electron chi connectivity index (χ0n) is 14.9. The number of primary amides is 1. The molecular weight excluding hydrogens is 348 g/mol. The quantitative estimate of drug-likeness (QED) is 0.694. The molecule has 2 aromatic heterocycles. The number of rotatable bonds is 8. The topological polar surface area (TPSA) is 84.4 Å². The first-order valence-electron chi connectivity index (χ1n) is 9.51. The van der Waals surface area contributed by atoms with Gasteiger partial charge in [0.05, 0.1) is 4.88 Å². The van der Waals surface area contributed by atoms with Crippen molar-refractivity contribution in [3.05, 3.63) is 28.8 Å². The van der Waals surface area contributed by atoms with Crippen LogP contribution < -0.4 is 11.1 Å². The van der Waals surface area contributed by atoms with Crippen molar-refractivity contribution in [2.45, 2.75) is 50.6 Å². The van der Waals surface area contributed by atoms with Crippen LogP contribution in [0.25, 0.3) is 10.6 Å². The molecule has 2 aromatic rings. The molecule has 26 heavy (non-hydrogen) atoms. The van der Waals surface area contributed by atoms with Gasteiger partial charge in [-0.3, -0.25) is 4.79 Å². The number of amides is 1. The minimum absolute atomic E-state index is 0.284. The van der Waals surface area contributed by atoms with Gasteiger partial charge >= 0.3 is 0 Å². The Balaban J connectivity index is 1.29. The van der Waals surface area contributed by atoms with E-state index in [0.29, 0.717) is 17.8 Å². The van der Waals surface area contributed by atoms with Crippen molar-refractivity contribution in [2.75, 3.05) is 19.6 Å². The zero-order chi connectivity index (χ0) is 17.9. The van der Waals surface area contributed by atoms with Crippen LogP contribution in [0.1, 0.15) is 48.2 Å². The highest BCUT2D eigenvalue weighted by molar-refractivity contribution is 7.13. The zero-order valence-corrected chi connectivity index (χ0v) is 15.8. The van der Waals surface area contributed by atoms with E-state index in [1.165, 1.54) is 38.9 Å². The fourth-order valence-electron chi connectivity index (χ4n) is 4.22. The molecule has 2 aliphatic rings. The minimum Gasteiger partial charge on any atom is -0.364 e. The van der Waals surface area contributed by atoms with E-state index in [2.05, 4.69) is 15.4 Å². The van der Waals surface area contributed by atoms with Crippen LogP contribution in [0, 0.1) is 0 Å². The first-order valence-corrected chi connectivity index (χ1v) is 10.4. The normalized spacial score (nSPS) is 22.8. The second-order valence-electron chi connectivity index (χ2n) is 7.39. The average molecular weight is 375 g/mol. The van der Waals surface area contributed by atoms with E-state index in [1.807, 2.05) is 17.5 Å². The summed E-state index contributed by atoms with van der Waals surface area (Å²) >= 11 is 1.59. The Kier molecular flexibility index (Phi) is 5.38. The van der Waals surface area contributed by atoms with E-state index >= 15 is 0 Å². The number of nitrogens with zero attached hydrogens (tertiary/aromatic N) is 2. The molecule has 4 rings (SSSR count). The smallest absolute Gasteiger partial charge is 0.271 e. The number of nitrogens with one attached hydrogen (secondary N) is 1. The van der Waals surface area contributed by atoms with Crippen molar-refractivity contribution in [3.63, 3.8) is 0 Å². The van der Waals surface area contributed by atoms with E-state index in [-0.39, 0.29) is 5.69 Å². The van der Waals surface area contributed by atoms with Gasteiger partial charge in [-0.25, -0.2) is 0 Å². The van der Waals surface area contributed by atoms with Gasteiger partial charge in [-0.2, -0.15) is 0 Å². The Hall–Kier alpha value is -1.70. The molecule has 7 heteroatoms. The summed E-state index contributed by atoms with van der Waals surface area (Å²) in [5.41, 5.74) is 6.62. The molecule has 4 heterocycles. The summed E-state index contributed by atoms with van der Waals surface area (Å²) in [7, 11) is 0. The molecule has 140 valence electrons. The number of nitrogens with two attached hydrogens (primary N) is 1. The number of hydrogen-bond donors (Lipinski definition) is 2. The first-order chi connectivity index (χ1) is 12.7. The summed E-state index contributed by atoms with van der Waals surface area (Å²) in [6.07, 6.45) is 6.77. The molecule has 2 aliphatic heterocycles. The van der Waals surface area contributed by atoms with Crippen LogP contribution in [0.4, 0.5) is 0 Å². The van der Waals surface area contributed by atoms with Gasteiger partial charge in [0.15, 0.2) is 11.5 Å². The van der Waals surface area contributed by atoms with Crippen LogP contribution in [-0.4, -0.2) is 47.7 Å². The number of carbonyl (C=O) groups excluding carboxylic acids is 1. The van der Waals surface area contributed by atoms with Crippen LogP contribution in [0.15, 0.2) is 22.0 Å². The van der Waals surface area contributed by atoms with Crippen molar-refractivity contribution in [2.24, 2.45) is 5.73 Å². The standard InChI is InChI=1S/C19H26N4O2S/c20-19(24)17-15(18(25-22-17)16-6-4-10-26-16)5-2-1-3-9-23-11-13-7-8-14(12-23)21-13/h4,6,10,13-14,21H,1-3,5,7-9,11-12H2,(H2,20,24). The molecule has 2 atom stereocenters. The lowest BCUT2D eigenvalue weighted by atomic mass is 10.0. The van der Waals surface area contributed by atoms with Gasteiger partial charge in [0.25, 0.3) is 5.91 Å². The molecule has 2 bridgehead atoms. The van der Waals surface area contributed by atoms with Crippen molar-refractivity contribution in [1.82, 2.24) is 15.4 Å². The first kappa shape index (κ1) is 17.7. The molecule has 2 fully saturated rings. The number of carbonyl (C=O) groups is 1. The maximum atomic E-state index is 11.7. The molecule has 1 amide bonds. The molecule has 2 saturated heterocycles. The molecule has 6 nitrogen and oxygen atoms in total. The lowest BCUT2D eigenvalue weighted by Gasteiger charge is -2.32. The largest absolute Gasteiger partial charge is 0.364 e. The summed E-state index contributed by atoms with van der Waals surface area (Å²) in [4.78, 5) is 15.3. The summed E-state index contributed by atoms with van der Waals surface area (Å²) in [6.45, 7) is 3.55. The number of fused-ring (bicyclic) bond motifs is 2. The predicted molar refractivity (Wildman–Crippen MR) is 102 cm³/mol. The number of likely N-dealkylation sites (tertiary alicyclic amines) is 1. The minimum atomic E-state index is -0.511. The Morgan fingerprint density at radius 3 is 2.81 bits per heavy atom. The lowest BCUT2D eigenvalue weighted by molar-refractivity contribution is 0.0991. The van der Waals surface area contributed by atoms with Crippen LogP contribution in [-0.2, 0) is 6.42 Å². The van der Waals surface area contributed by atoms with E-state index in [1.54, 1.807) is 11.3 Å². The number of hydrogen-bond acceptors (Lipinski definition) is 6. The third-order valence-electron chi connectivity index (χ3n) is 5.46. The molecule has 0 saturated carbocycles. The average Bonchev–Trinajstić information content (AvgIpc) is 3.34.